The second-order valence-electron chi connectivity index (χ2n) is 6.65. The minimum absolute atomic E-state index is 0.524. The molecule has 0 spiro atoms. The van der Waals surface area contributed by atoms with E-state index in [1.165, 1.54) is 0 Å². The number of ether oxygens (including phenoxy) is 2. The van der Waals surface area contributed by atoms with E-state index in [0.29, 0.717) is 25.0 Å². The second-order valence-corrected chi connectivity index (χ2v) is 6.65. The van der Waals surface area contributed by atoms with Crippen molar-refractivity contribution >= 4 is 0 Å². The average Bonchev–Trinajstić information content (AvgIpc) is 2.64. The number of rotatable bonds is 9. The van der Waals surface area contributed by atoms with Crippen molar-refractivity contribution in [3.8, 4) is 22.6 Å². The molecule has 2 aromatic carbocycles. The highest BCUT2D eigenvalue weighted by atomic mass is 16.5. The molecule has 130 valence electrons. The molecule has 0 aromatic heterocycles. The highest BCUT2D eigenvalue weighted by molar-refractivity contribution is 5.73. The molecule has 0 aliphatic heterocycles. The Kier molecular flexibility index (Phi) is 7.17. The molecule has 2 nitrogen and oxygen atoms in total. The van der Waals surface area contributed by atoms with Crippen molar-refractivity contribution in [3.05, 3.63) is 48.5 Å². The van der Waals surface area contributed by atoms with Crippen LogP contribution in [-0.4, -0.2) is 13.2 Å². The lowest BCUT2D eigenvalue weighted by Crippen LogP contribution is -2.11. The van der Waals surface area contributed by atoms with Gasteiger partial charge in [0.25, 0.3) is 0 Å². The molecule has 0 saturated carbocycles. The first-order chi connectivity index (χ1) is 11.7. The van der Waals surface area contributed by atoms with Crippen molar-refractivity contribution in [2.75, 3.05) is 13.2 Å². The molecule has 0 N–H and O–H groups in total. The lowest BCUT2D eigenvalue weighted by molar-refractivity contribution is 0.218. The van der Waals surface area contributed by atoms with Gasteiger partial charge in [0.2, 0.25) is 0 Å². The van der Waals surface area contributed by atoms with Crippen LogP contribution in [0.25, 0.3) is 11.1 Å². The standard InChI is InChI=1S/C22H30O2/c1-5-17(3)15-23-21-14-10-13-20(19-11-8-7-9-12-19)22(21)24-16-18(4)6-2/h7-14,17-18H,5-6,15-16H2,1-4H3. The Hall–Kier alpha value is -1.96. The van der Waals surface area contributed by atoms with Gasteiger partial charge in [0.15, 0.2) is 11.5 Å². The summed E-state index contributed by atoms with van der Waals surface area (Å²) < 4.78 is 12.3. The van der Waals surface area contributed by atoms with E-state index in [1.807, 2.05) is 18.2 Å². The third-order valence-electron chi connectivity index (χ3n) is 4.49. The molecule has 2 unspecified atom stereocenters. The van der Waals surface area contributed by atoms with Crippen LogP contribution in [0.1, 0.15) is 40.5 Å². The van der Waals surface area contributed by atoms with Crippen LogP contribution < -0.4 is 9.47 Å². The molecule has 0 bridgehead atoms. The van der Waals surface area contributed by atoms with Crippen molar-refractivity contribution < 1.29 is 9.47 Å². The van der Waals surface area contributed by atoms with Crippen LogP contribution in [0.15, 0.2) is 48.5 Å². The molecule has 0 aliphatic rings. The summed E-state index contributed by atoms with van der Waals surface area (Å²) in [5.74, 6) is 2.77. The van der Waals surface area contributed by atoms with E-state index in [9.17, 15) is 0 Å². The number of benzene rings is 2. The van der Waals surface area contributed by atoms with Crippen LogP contribution in [0.5, 0.6) is 11.5 Å². The summed E-state index contributed by atoms with van der Waals surface area (Å²) in [4.78, 5) is 0. The van der Waals surface area contributed by atoms with Gasteiger partial charge in [-0.1, -0.05) is 83.0 Å². The summed E-state index contributed by atoms with van der Waals surface area (Å²) in [6.45, 7) is 10.2. The Labute approximate surface area is 146 Å². The maximum absolute atomic E-state index is 6.22. The van der Waals surface area contributed by atoms with Crippen molar-refractivity contribution in [3.63, 3.8) is 0 Å². The molecule has 2 rings (SSSR count). The fourth-order valence-corrected chi connectivity index (χ4v) is 2.32. The van der Waals surface area contributed by atoms with Crippen LogP contribution in [0.3, 0.4) is 0 Å². The first kappa shape index (κ1) is 18.4. The van der Waals surface area contributed by atoms with Gasteiger partial charge < -0.3 is 9.47 Å². The molecule has 0 saturated heterocycles. The molecule has 0 aliphatic carbocycles. The SMILES string of the molecule is CCC(C)COc1cccc(-c2ccccc2)c1OCC(C)CC. The summed E-state index contributed by atoms with van der Waals surface area (Å²) in [5, 5.41) is 0. The topological polar surface area (TPSA) is 18.5 Å². The van der Waals surface area contributed by atoms with Gasteiger partial charge in [-0.3, -0.25) is 0 Å². The van der Waals surface area contributed by atoms with Gasteiger partial charge in [-0.25, -0.2) is 0 Å². The molecule has 0 amide bonds. The van der Waals surface area contributed by atoms with Gasteiger partial charge in [-0.15, -0.1) is 0 Å². The summed E-state index contributed by atoms with van der Waals surface area (Å²) in [6, 6.07) is 16.5. The third-order valence-corrected chi connectivity index (χ3v) is 4.49. The highest BCUT2D eigenvalue weighted by Crippen LogP contribution is 2.38. The van der Waals surface area contributed by atoms with Gasteiger partial charge in [-0.05, 0) is 23.5 Å². The van der Waals surface area contributed by atoms with Gasteiger partial charge in [0, 0.05) is 5.56 Å². The summed E-state index contributed by atoms with van der Waals surface area (Å²) >= 11 is 0. The molecular formula is C22H30O2. The van der Waals surface area contributed by atoms with E-state index in [4.69, 9.17) is 9.47 Å². The van der Waals surface area contributed by atoms with Crippen molar-refractivity contribution in [2.45, 2.75) is 40.5 Å². The van der Waals surface area contributed by atoms with E-state index < -0.39 is 0 Å². The largest absolute Gasteiger partial charge is 0.489 e. The molecule has 0 fully saturated rings. The Morgan fingerprint density at radius 2 is 1.38 bits per heavy atom. The lowest BCUT2D eigenvalue weighted by Gasteiger charge is -2.19. The number of hydrogen-bond donors (Lipinski definition) is 0. The van der Waals surface area contributed by atoms with Crippen molar-refractivity contribution in [2.24, 2.45) is 11.8 Å². The Morgan fingerprint density at radius 1 is 0.750 bits per heavy atom. The van der Waals surface area contributed by atoms with Gasteiger partial charge in [0.05, 0.1) is 13.2 Å². The zero-order valence-corrected chi connectivity index (χ0v) is 15.4. The third kappa shape index (κ3) is 5.02. The van der Waals surface area contributed by atoms with Gasteiger partial charge in [0.1, 0.15) is 0 Å². The van der Waals surface area contributed by atoms with E-state index in [-0.39, 0.29) is 0 Å². The van der Waals surface area contributed by atoms with Crippen LogP contribution in [0, 0.1) is 11.8 Å². The maximum Gasteiger partial charge on any atom is 0.168 e. The molecule has 2 atom stereocenters. The Balaban J connectivity index is 2.31. The smallest absolute Gasteiger partial charge is 0.168 e. The summed E-state index contributed by atoms with van der Waals surface area (Å²) in [7, 11) is 0. The number of para-hydroxylation sites is 1. The second kappa shape index (κ2) is 9.36. The van der Waals surface area contributed by atoms with E-state index >= 15 is 0 Å². The Morgan fingerprint density at radius 3 is 2.00 bits per heavy atom. The number of hydrogen-bond acceptors (Lipinski definition) is 2. The first-order valence-corrected chi connectivity index (χ1v) is 9.09. The van der Waals surface area contributed by atoms with Gasteiger partial charge in [-0.2, -0.15) is 0 Å². The summed E-state index contributed by atoms with van der Waals surface area (Å²) in [5.41, 5.74) is 2.26. The minimum Gasteiger partial charge on any atom is -0.489 e. The normalized spacial score (nSPS) is 13.3. The quantitative estimate of drug-likeness (QED) is 0.546. The van der Waals surface area contributed by atoms with Crippen LogP contribution in [-0.2, 0) is 0 Å². The van der Waals surface area contributed by atoms with Crippen molar-refractivity contribution in [1.82, 2.24) is 0 Å². The predicted molar refractivity (Wildman–Crippen MR) is 102 cm³/mol. The molecule has 2 aromatic rings. The van der Waals surface area contributed by atoms with Crippen LogP contribution >= 0.6 is 0 Å². The zero-order valence-electron chi connectivity index (χ0n) is 15.4. The fraction of sp³-hybridized carbons (Fsp3) is 0.455. The molecular weight excluding hydrogens is 296 g/mol. The molecule has 0 heterocycles. The molecule has 0 radical (unpaired) electrons. The van der Waals surface area contributed by atoms with E-state index in [1.54, 1.807) is 0 Å². The van der Waals surface area contributed by atoms with E-state index in [2.05, 4.69) is 58.0 Å². The Bertz CT molecular complexity index is 607. The summed E-state index contributed by atoms with van der Waals surface area (Å²) in [6.07, 6.45) is 2.22. The molecule has 24 heavy (non-hydrogen) atoms. The monoisotopic (exact) mass is 326 g/mol. The predicted octanol–water partition coefficient (Wildman–Crippen LogP) is 6.20. The highest BCUT2D eigenvalue weighted by Gasteiger charge is 2.15. The van der Waals surface area contributed by atoms with Crippen molar-refractivity contribution in [1.29, 1.82) is 0 Å². The van der Waals surface area contributed by atoms with Crippen LogP contribution in [0.4, 0.5) is 0 Å². The average molecular weight is 326 g/mol. The van der Waals surface area contributed by atoms with E-state index in [0.717, 1.165) is 35.5 Å². The lowest BCUT2D eigenvalue weighted by atomic mass is 10.0. The maximum atomic E-state index is 6.22. The van der Waals surface area contributed by atoms with Gasteiger partial charge >= 0.3 is 0 Å². The van der Waals surface area contributed by atoms with Crippen LogP contribution in [0.2, 0.25) is 0 Å². The first-order valence-electron chi connectivity index (χ1n) is 9.09. The zero-order chi connectivity index (χ0) is 17.4. The fourth-order valence-electron chi connectivity index (χ4n) is 2.32. The molecule has 2 heteroatoms. The minimum atomic E-state index is 0.524.